The average Bonchev–Trinajstić information content (AvgIpc) is 3.32. The molecule has 1 aromatic carbocycles. The molecular weight excluding hydrogens is 560 g/mol. The number of unbranched alkanes of at least 4 members (excludes halogenated alkanes) is 1. The molecule has 1 unspecified atom stereocenters. The van der Waals surface area contributed by atoms with Gasteiger partial charge >= 0.3 is 12.1 Å². The molecule has 4 rings (SSSR count). The molecular formula is C26H31F6N5O4. The van der Waals surface area contributed by atoms with Crippen LogP contribution in [0.15, 0.2) is 12.1 Å². The summed E-state index contributed by atoms with van der Waals surface area (Å²) in [5, 5.41) is 0. The molecule has 0 spiro atoms. The van der Waals surface area contributed by atoms with Gasteiger partial charge in [0.25, 0.3) is 0 Å². The first-order chi connectivity index (χ1) is 19.4. The van der Waals surface area contributed by atoms with Crippen molar-refractivity contribution in [2.24, 2.45) is 5.73 Å². The third-order valence-electron chi connectivity index (χ3n) is 7.02. The third-order valence-corrected chi connectivity index (χ3v) is 7.02. The van der Waals surface area contributed by atoms with Crippen LogP contribution in [-0.4, -0.2) is 83.3 Å². The van der Waals surface area contributed by atoms with Gasteiger partial charge in [0.1, 0.15) is 5.82 Å². The predicted octanol–water partition coefficient (Wildman–Crippen LogP) is 2.89. The van der Waals surface area contributed by atoms with E-state index in [2.05, 4.69) is 9.88 Å². The van der Waals surface area contributed by atoms with E-state index in [9.17, 15) is 35.9 Å². The number of nitrogens with two attached hydrogens (primary N) is 1. The highest BCUT2D eigenvalue weighted by atomic mass is 19.4. The first kappa shape index (κ1) is 30.8. The van der Waals surface area contributed by atoms with Crippen LogP contribution in [0.5, 0.6) is 0 Å². The number of nitrogens with zero attached hydrogens (tertiary/aromatic N) is 4. The first-order valence-corrected chi connectivity index (χ1v) is 13.2. The van der Waals surface area contributed by atoms with Crippen molar-refractivity contribution in [2.45, 2.75) is 51.0 Å². The summed E-state index contributed by atoms with van der Waals surface area (Å²) < 4.78 is 93.1. The monoisotopic (exact) mass is 591 g/mol. The molecule has 0 aliphatic carbocycles. The number of imidazole rings is 1. The summed E-state index contributed by atoms with van der Waals surface area (Å²) in [5.41, 5.74) is 5.10. The molecule has 2 aliphatic rings. The molecule has 0 saturated carbocycles. The Labute approximate surface area is 232 Å². The number of aromatic nitrogens is 2. The van der Waals surface area contributed by atoms with E-state index in [0.717, 1.165) is 30.6 Å². The zero-order valence-corrected chi connectivity index (χ0v) is 22.2. The summed E-state index contributed by atoms with van der Waals surface area (Å²) in [6, 6.07) is 0.0584. The predicted molar refractivity (Wildman–Crippen MR) is 132 cm³/mol. The Bertz CT molecular complexity index is 1250. The number of rotatable bonds is 10. The fourth-order valence-corrected chi connectivity index (χ4v) is 4.88. The minimum absolute atomic E-state index is 0.00510. The van der Waals surface area contributed by atoms with Crippen LogP contribution >= 0.6 is 0 Å². The smallest absolute Gasteiger partial charge is 0.449 e. The van der Waals surface area contributed by atoms with Gasteiger partial charge in [-0.2, -0.15) is 13.2 Å². The molecule has 1 fully saturated rings. The number of halogens is 6. The molecule has 2 aromatic rings. The molecule has 1 atom stereocenters. The standard InChI is InChI=1S/C26H31F6N5O4/c27-18-14-20(29)19(28)12-16(18)11-17(33)13-22(38)36-4-5-37-21(15-36)23(34-25(37)26(30,31)32)24(39)41-8-2-1-3-35-6-9-40-10-7-35/h12,14,17H,1-11,13,15,33H2. The number of ether oxygens (including phenoxy) is 2. The molecule has 1 aromatic heterocycles. The number of morpholine rings is 1. The highest BCUT2D eigenvalue weighted by Crippen LogP contribution is 2.33. The lowest BCUT2D eigenvalue weighted by Crippen LogP contribution is -2.42. The number of amides is 1. The fraction of sp³-hybridized carbons (Fsp3) is 0.577. The highest BCUT2D eigenvalue weighted by Gasteiger charge is 2.42. The molecule has 2 N–H and O–H groups in total. The summed E-state index contributed by atoms with van der Waals surface area (Å²) in [5.74, 6) is -6.48. The van der Waals surface area contributed by atoms with Crippen molar-refractivity contribution >= 4 is 11.9 Å². The van der Waals surface area contributed by atoms with E-state index in [1.165, 1.54) is 4.90 Å². The zero-order chi connectivity index (χ0) is 29.7. The molecule has 1 amide bonds. The first-order valence-electron chi connectivity index (χ1n) is 13.2. The molecule has 0 radical (unpaired) electrons. The second-order valence-corrected chi connectivity index (χ2v) is 10.0. The molecule has 1 saturated heterocycles. The van der Waals surface area contributed by atoms with Crippen LogP contribution in [0, 0.1) is 17.5 Å². The molecule has 226 valence electrons. The number of carbonyl (C=O) groups excluding carboxylic acids is 2. The van der Waals surface area contributed by atoms with Crippen molar-refractivity contribution in [1.29, 1.82) is 0 Å². The summed E-state index contributed by atoms with van der Waals surface area (Å²) in [6.07, 6.45) is -4.23. The van der Waals surface area contributed by atoms with Crippen molar-refractivity contribution < 1.29 is 45.4 Å². The van der Waals surface area contributed by atoms with Crippen LogP contribution in [0.2, 0.25) is 0 Å². The lowest BCUT2D eigenvalue weighted by Gasteiger charge is -2.30. The zero-order valence-electron chi connectivity index (χ0n) is 22.2. The third kappa shape index (κ3) is 7.77. The Morgan fingerprint density at radius 1 is 1.02 bits per heavy atom. The van der Waals surface area contributed by atoms with Gasteiger partial charge in [0.15, 0.2) is 17.3 Å². The lowest BCUT2D eigenvalue weighted by atomic mass is 10.0. The van der Waals surface area contributed by atoms with Crippen LogP contribution in [0.4, 0.5) is 26.3 Å². The van der Waals surface area contributed by atoms with Crippen LogP contribution in [0.3, 0.4) is 0 Å². The fourth-order valence-electron chi connectivity index (χ4n) is 4.88. The van der Waals surface area contributed by atoms with E-state index in [1.54, 1.807) is 0 Å². The number of hydrogen-bond donors (Lipinski definition) is 1. The van der Waals surface area contributed by atoms with Crippen LogP contribution < -0.4 is 5.73 Å². The van der Waals surface area contributed by atoms with Crippen molar-refractivity contribution in [3.05, 3.63) is 52.4 Å². The Morgan fingerprint density at radius 3 is 2.44 bits per heavy atom. The number of fused-ring (bicyclic) bond motifs is 1. The maximum absolute atomic E-state index is 14.0. The highest BCUT2D eigenvalue weighted by molar-refractivity contribution is 5.89. The Hall–Kier alpha value is -3.17. The van der Waals surface area contributed by atoms with Crippen molar-refractivity contribution in [3.8, 4) is 0 Å². The van der Waals surface area contributed by atoms with Crippen LogP contribution in [-0.2, 0) is 40.0 Å². The van der Waals surface area contributed by atoms with Gasteiger partial charge in [-0.3, -0.25) is 9.69 Å². The van der Waals surface area contributed by atoms with Crippen LogP contribution in [0.1, 0.15) is 46.8 Å². The molecule has 41 heavy (non-hydrogen) atoms. The van der Waals surface area contributed by atoms with E-state index in [0.29, 0.717) is 31.8 Å². The number of alkyl halides is 3. The van der Waals surface area contributed by atoms with E-state index in [4.69, 9.17) is 15.2 Å². The molecule has 3 heterocycles. The Balaban J connectivity index is 1.37. The number of carbonyl (C=O) groups is 2. The molecule has 15 heteroatoms. The minimum Gasteiger partial charge on any atom is -0.461 e. The van der Waals surface area contributed by atoms with Gasteiger partial charge in [-0.15, -0.1) is 0 Å². The second-order valence-electron chi connectivity index (χ2n) is 10.0. The van der Waals surface area contributed by atoms with Gasteiger partial charge in [-0.1, -0.05) is 0 Å². The van der Waals surface area contributed by atoms with Gasteiger partial charge in [0, 0.05) is 44.7 Å². The van der Waals surface area contributed by atoms with Crippen LogP contribution in [0.25, 0.3) is 0 Å². The summed E-state index contributed by atoms with van der Waals surface area (Å²) in [4.78, 5) is 32.6. The second kappa shape index (κ2) is 13.2. The largest absolute Gasteiger partial charge is 0.461 e. The number of hydrogen-bond acceptors (Lipinski definition) is 7. The summed E-state index contributed by atoms with van der Waals surface area (Å²) in [6.45, 7) is 2.95. The van der Waals surface area contributed by atoms with Gasteiger partial charge in [0.2, 0.25) is 11.7 Å². The van der Waals surface area contributed by atoms with Gasteiger partial charge < -0.3 is 24.7 Å². The molecule has 2 aliphatic heterocycles. The van der Waals surface area contributed by atoms with Gasteiger partial charge in [-0.05, 0) is 37.4 Å². The quantitative estimate of drug-likeness (QED) is 0.196. The average molecular weight is 592 g/mol. The van der Waals surface area contributed by atoms with Crippen molar-refractivity contribution in [2.75, 3.05) is 46.0 Å². The van der Waals surface area contributed by atoms with Crippen molar-refractivity contribution in [1.82, 2.24) is 19.4 Å². The Morgan fingerprint density at radius 2 is 1.73 bits per heavy atom. The number of benzene rings is 1. The summed E-state index contributed by atoms with van der Waals surface area (Å²) >= 11 is 0. The van der Waals surface area contributed by atoms with E-state index >= 15 is 0 Å². The normalized spacial score (nSPS) is 16.9. The van der Waals surface area contributed by atoms with E-state index in [-0.39, 0.29) is 50.3 Å². The van der Waals surface area contributed by atoms with E-state index in [1.807, 2.05) is 0 Å². The molecule has 0 bridgehead atoms. The van der Waals surface area contributed by atoms with Gasteiger partial charge in [0.05, 0.1) is 32.1 Å². The maximum Gasteiger partial charge on any atom is 0.449 e. The van der Waals surface area contributed by atoms with Gasteiger partial charge in [-0.25, -0.2) is 22.9 Å². The SMILES string of the molecule is NC(CC(=O)N1CCn2c(C(F)(F)F)nc(C(=O)OCCCCN3CCOCC3)c2C1)Cc1cc(F)c(F)cc1F. The minimum atomic E-state index is -4.84. The Kier molecular flexibility index (Phi) is 9.92. The van der Waals surface area contributed by atoms with Crippen molar-refractivity contribution in [3.63, 3.8) is 0 Å². The maximum atomic E-state index is 14.0. The molecule has 9 nitrogen and oxygen atoms in total. The number of esters is 1. The lowest BCUT2D eigenvalue weighted by molar-refractivity contribution is -0.148. The summed E-state index contributed by atoms with van der Waals surface area (Å²) in [7, 11) is 0. The topological polar surface area (TPSA) is 103 Å². The van der Waals surface area contributed by atoms with E-state index < -0.39 is 53.1 Å².